The molecule has 178 valence electrons. The molecule has 0 heterocycles. The lowest BCUT2D eigenvalue weighted by Gasteiger charge is -2.63. The van der Waals surface area contributed by atoms with Crippen LogP contribution in [0.5, 0.6) is 0 Å². The molecule has 9 atom stereocenters. The van der Waals surface area contributed by atoms with Crippen LogP contribution in [0.25, 0.3) is 0 Å². The van der Waals surface area contributed by atoms with Gasteiger partial charge in [-0.15, -0.1) is 0 Å². The van der Waals surface area contributed by atoms with E-state index in [1.165, 1.54) is 44.9 Å². The predicted octanol–water partition coefficient (Wildman–Crippen LogP) is 6.02. The molecule has 0 bridgehead atoms. The van der Waals surface area contributed by atoms with Crippen LogP contribution in [0.2, 0.25) is 0 Å². The van der Waals surface area contributed by atoms with Crippen LogP contribution in [-0.2, 0) is 0 Å². The Labute approximate surface area is 189 Å². The standard InChI is InChI=1S/C27H47NO3/c1-17(2)7-6-8-18(3)21-9-10-22-20-15-24(28-31)27(30)16-19(29)11-14-26(27,5)23(20)12-13-25(21,22)4/h17-23,29-31H,6-16H2,1-5H3/b28-24+/t18-,19?,20?,21?,22?,23?,25?,26?,27?/m1/s1. The molecular formula is C27H47NO3. The summed E-state index contributed by atoms with van der Waals surface area (Å²) in [6, 6.07) is 0. The maximum Gasteiger partial charge on any atom is 0.114 e. The third-order valence-corrected chi connectivity index (χ3v) is 11.0. The second-order valence-electron chi connectivity index (χ2n) is 12.8. The van der Waals surface area contributed by atoms with Gasteiger partial charge in [-0.25, -0.2) is 0 Å². The first kappa shape index (κ1) is 23.5. The number of aliphatic hydroxyl groups is 2. The van der Waals surface area contributed by atoms with Crippen molar-refractivity contribution in [2.24, 2.45) is 51.5 Å². The van der Waals surface area contributed by atoms with E-state index in [1.54, 1.807) is 0 Å². The highest BCUT2D eigenvalue weighted by atomic mass is 16.4. The highest BCUT2D eigenvalue weighted by molar-refractivity contribution is 5.94. The van der Waals surface area contributed by atoms with Crippen molar-refractivity contribution < 1.29 is 15.4 Å². The summed E-state index contributed by atoms with van der Waals surface area (Å²) in [6.45, 7) is 11.9. The quantitative estimate of drug-likeness (QED) is 0.366. The van der Waals surface area contributed by atoms with E-state index in [-0.39, 0.29) is 5.41 Å². The molecule has 4 fully saturated rings. The molecule has 3 N–H and O–H groups in total. The SMILES string of the molecule is CC(C)CCC[C@@H](C)C1CCC2C3C/C(=N\O)C4(O)CC(O)CCC4(C)C3CCC21C. The van der Waals surface area contributed by atoms with Crippen LogP contribution in [0, 0.1) is 46.3 Å². The molecule has 4 aliphatic carbocycles. The fraction of sp³-hybridized carbons (Fsp3) is 0.963. The van der Waals surface area contributed by atoms with Crippen LogP contribution in [0.15, 0.2) is 5.16 Å². The molecule has 4 nitrogen and oxygen atoms in total. The second kappa shape index (κ2) is 8.31. The van der Waals surface area contributed by atoms with Gasteiger partial charge in [-0.3, -0.25) is 0 Å². The summed E-state index contributed by atoms with van der Waals surface area (Å²) in [6.07, 6.45) is 11.2. The molecule has 0 aromatic carbocycles. The molecule has 4 heteroatoms. The van der Waals surface area contributed by atoms with Crippen LogP contribution >= 0.6 is 0 Å². The van der Waals surface area contributed by atoms with Gasteiger partial charge in [0.15, 0.2) is 0 Å². The number of oxime groups is 1. The van der Waals surface area contributed by atoms with E-state index >= 15 is 0 Å². The Morgan fingerprint density at radius 1 is 1.00 bits per heavy atom. The Balaban J connectivity index is 1.57. The van der Waals surface area contributed by atoms with Gasteiger partial charge in [0, 0.05) is 11.8 Å². The molecule has 8 unspecified atom stereocenters. The summed E-state index contributed by atoms with van der Waals surface area (Å²) in [5, 5.41) is 35.7. The maximum absolute atomic E-state index is 11.8. The van der Waals surface area contributed by atoms with Crippen molar-refractivity contribution in [2.45, 2.75) is 117 Å². The average molecular weight is 434 g/mol. The van der Waals surface area contributed by atoms with Crippen LogP contribution in [-0.4, -0.2) is 32.8 Å². The Kier molecular flexibility index (Phi) is 6.31. The number of aliphatic hydroxyl groups excluding tert-OH is 1. The van der Waals surface area contributed by atoms with Crippen molar-refractivity contribution in [3.8, 4) is 0 Å². The van der Waals surface area contributed by atoms with E-state index in [9.17, 15) is 15.4 Å². The highest BCUT2D eigenvalue weighted by Gasteiger charge is 2.67. The van der Waals surface area contributed by atoms with Crippen molar-refractivity contribution in [3.05, 3.63) is 0 Å². The number of nitrogens with zero attached hydrogens (tertiary/aromatic N) is 1. The monoisotopic (exact) mass is 433 g/mol. The zero-order chi connectivity index (χ0) is 22.6. The van der Waals surface area contributed by atoms with E-state index in [2.05, 4.69) is 39.8 Å². The summed E-state index contributed by atoms with van der Waals surface area (Å²) in [4.78, 5) is 0. The van der Waals surface area contributed by atoms with Gasteiger partial charge in [0.25, 0.3) is 0 Å². The molecule has 0 aromatic heterocycles. The van der Waals surface area contributed by atoms with Crippen LogP contribution in [0.4, 0.5) is 0 Å². The molecule has 0 spiro atoms. The first-order valence-electron chi connectivity index (χ1n) is 13.2. The summed E-state index contributed by atoms with van der Waals surface area (Å²) in [5.41, 5.74) is -0.526. The highest BCUT2D eigenvalue weighted by Crippen LogP contribution is 2.68. The van der Waals surface area contributed by atoms with Crippen molar-refractivity contribution >= 4 is 5.71 Å². The lowest BCUT2D eigenvalue weighted by Crippen LogP contribution is -2.67. The van der Waals surface area contributed by atoms with Gasteiger partial charge in [0.2, 0.25) is 0 Å². The molecule has 4 rings (SSSR count). The lowest BCUT2D eigenvalue weighted by atomic mass is 9.42. The number of fused-ring (bicyclic) bond motifs is 5. The van der Waals surface area contributed by atoms with Gasteiger partial charge in [-0.1, -0.05) is 59.0 Å². The van der Waals surface area contributed by atoms with Crippen molar-refractivity contribution in [2.75, 3.05) is 0 Å². The van der Waals surface area contributed by atoms with Crippen LogP contribution in [0.1, 0.15) is 105 Å². The summed E-state index contributed by atoms with van der Waals surface area (Å²) in [7, 11) is 0. The molecular weight excluding hydrogens is 386 g/mol. The molecule has 31 heavy (non-hydrogen) atoms. The Morgan fingerprint density at radius 3 is 2.42 bits per heavy atom. The molecule has 0 aliphatic heterocycles. The number of hydrogen-bond donors (Lipinski definition) is 3. The number of rotatable bonds is 5. The van der Waals surface area contributed by atoms with Crippen molar-refractivity contribution in [1.29, 1.82) is 0 Å². The van der Waals surface area contributed by atoms with Crippen molar-refractivity contribution in [1.82, 2.24) is 0 Å². The Hall–Kier alpha value is -0.610. The zero-order valence-corrected chi connectivity index (χ0v) is 20.6. The third kappa shape index (κ3) is 3.59. The molecule has 4 aliphatic rings. The van der Waals surface area contributed by atoms with Crippen LogP contribution < -0.4 is 0 Å². The van der Waals surface area contributed by atoms with E-state index in [0.29, 0.717) is 41.7 Å². The molecule has 0 amide bonds. The summed E-state index contributed by atoms with van der Waals surface area (Å²) < 4.78 is 0. The van der Waals surface area contributed by atoms with Gasteiger partial charge in [0.1, 0.15) is 5.60 Å². The van der Waals surface area contributed by atoms with Gasteiger partial charge in [-0.2, -0.15) is 0 Å². The van der Waals surface area contributed by atoms with Crippen molar-refractivity contribution in [3.63, 3.8) is 0 Å². The first-order valence-corrected chi connectivity index (χ1v) is 13.2. The fourth-order valence-electron chi connectivity index (χ4n) is 9.19. The van der Waals surface area contributed by atoms with Crippen LogP contribution in [0.3, 0.4) is 0 Å². The minimum absolute atomic E-state index is 0.293. The minimum Gasteiger partial charge on any atom is -0.411 e. The van der Waals surface area contributed by atoms with Gasteiger partial charge in [0.05, 0.1) is 11.8 Å². The van der Waals surface area contributed by atoms with E-state index in [1.807, 2.05) is 0 Å². The largest absolute Gasteiger partial charge is 0.411 e. The van der Waals surface area contributed by atoms with Gasteiger partial charge >= 0.3 is 0 Å². The Bertz CT molecular complexity index is 692. The molecule has 0 radical (unpaired) electrons. The van der Waals surface area contributed by atoms with E-state index in [4.69, 9.17) is 0 Å². The van der Waals surface area contributed by atoms with Gasteiger partial charge in [-0.05, 0) is 85.9 Å². The predicted molar refractivity (Wildman–Crippen MR) is 125 cm³/mol. The summed E-state index contributed by atoms with van der Waals surface area (Å²) in [5.74, 6) is 3.98. The normalized spacial score (nSPS) is 49.5. The third-order valence-electron chi connectivity index (χ3n) is 11.0. The fourth-order valence-corrected chi connectivity index (χ4v) is 9.19. The van der Waals surface area contributed by atoms with Gasteiger partial charge < -0.3 is 15.4 Å². The Morgan fingerprint density at radius 2 is 1.74 bits per heavy atom. The van der Waals surface area contributed by atoms with E-state index in [0.717, 1.165) is 30.6 Å². The second-order valence-corrected chi connectivity index (χ2v) is 12.8. The first-order chi connectivity index (χ1) is 14.6. The number of hydrogen-bond acceptors (Lipinski definition) is 4. The minimum atomic E-state index is -1.16. The molecule has 0 saturated heterocycles. The van der Waals surface area contributed by atoms with E-state index < -0.39 is 11.7 Å². The maximum atomic E-state index is 11.8. The summed E-state index contributed by atoms with van der Waals surface area (Å²) >= 11 is 0. The average Bonchev–Trinajstić information content (AvgIpc) is 3.05. The smallest absolute Gasteiger partial charge is 0.114 e. The lowest BCUT2D eigenvalue weighted by molar-refractivity contribution is -0.170. The zero-order valence-electron chi connectivity index (χ0n) is 20.6. The topological polar surface area (TPSA) is 73.1 Å². The molecule has 0 aromatic rings. The molecule has 4 saturated carbocycles.